The van der Waals surface area contributed by atoms with Gasteiger partial charge in [0, 0.05) is 54.7 Å². The zero-order chi connectivity index (χ0) is 26.9. The summed E-state index contributed by atoms with van der Waals surface area (Å²) in [6, 6.07) is 8.86. The second-order valence-corrected chi connectivity index (χ2v) is 9.97. The first-order valence-corrected chi connectivity index (χ1v) is 13.2. The van der Waals surface area contributed by atoms with Gasteiger partial charge >= 0.3 is 0 Å². The second kappa shape index (κ2) is 13.6. The Bertz CT molecular complexity index is 1410. The Morgan fingerprint density at radius 1 is 1.18 bits per heavy atom. The van der Waals surface area contributed by atoms with Gasteiger partial charge in [-0.25, -0.2) is 0 Å². The number of hydrogen-bond acceptors (Lipinski definition) is 9. The van der Waals surface area contributed by atoms with Crippen LogP contribution in [0.4, 0.5) is 0 Å². The molecular weight excluding hydrogens is 530 g/mol. The van der Waals surface area contributed by atoms with Crippen LogP contribution in [0.5, 0.6) is 0 Å². The normalized spacial score (nSPS) is 12.1. The molecule has 0 spiro atoms. The number of thiophene rings is 1. The maximum Gasteiger partial charge on any atom is 0.257 e. The average Bonchev–Trinajstić information content (AvgIpc) is 3.37. The third-order valence-electron chi connectivity index (χ3n) is 5.68. The fraction of sp³-hybridized carbons (Fsp3) is 0.308. The number of pyridine rings is 1. The maximum atomic E-state index is 13.3. The number of benzene rings is 1. The van der Waals surface area contributed by atoms with Crippen LogP contribution in [0.3, 0.4) is 0 Å². The van der Waals surface area contributed by atoms with Crippen LogP contribution in [-0.4, -0.2) is 57.0 Å². The topological polar surface area (TPSA) is 139 Å². The number of rotatable bonds is 13. The number of hydrogen-bond donors (Lipinski definition) is 4. The molecule has 0 aliphatic carbocycles. The number of aromatic nitrogens is 3. The van der Waals surface area contributed by atoms with Gasteiger partial charge in [0.25, 0.3) is 5.91 Å². The van der Waals surface area contributed by atoms with Crippen molar-refractivity contribution in [3.05, 3.63) is 92.1 Å². The molecule has 0 saturated carbocycles. The molecule has 0 unspecified atom stereocenters. The van der Waals surface area contributed by atoms with Crippen molar-refractivity contribution in [1.82, 2.24) is 25.2 Å². The van der Waals surface area contributed by atoms with Crippen molar-refractivity contribution in [2.75, 3.05) is 26.4 Å². The van der Waals surface area contributed by atoms with E-state index in [-0.39, 0.29) is 37.3 Å². The van der Waals surface area contributed by atoms with Crippen LogP contribution < -0.4 is 16.1 Å². The standard InChI is InChI=1S/C26H28ClN5O5S/c27-18-3-1-17(2-4-18)12-31-25(36)21-16-32(7-9-37-10-8-33)26-20(24(21)35)11-19(38-26)13-29-15-23(34)22-14-28-5-6-30-22/h1-6,11,14,16,23,29,33-34H,7-10,12-13,15H2,(H,31,36)/t23-/m1/s1. The third-order valence-corrected chi connectivity index (χ3v) is 7.11. The molecule has 0 radical (unpaired) electrons. The molecule has 3 heterocycles. The summed E-state index contributed by atoms with van der Waals surface area (Å²) in [5.41, 5.74) is 0.995. The van der Waals surface area contributed by atoms with E-state index < -0.39 is 12.0 Å². The minimum atomic E-state index is -0.822. The van der Waals surface area contributed by atoms with Gasteiger partial charge in [-0.05, 0) is 23.8 Å². The average molecular weight is 558 g/mol. The Hall–Kier alpha value is -3.19. The van der Waals surface area contributed by atoms with Crippen molar-refractivity contribution in [1.29, 1.82) is 0 Å². The largest absolute Gasteiger partial charge is 0.394 e. The van der Waals surface area contributed by atoms with E-state index in [2.05, 4.69) is 20.6 Å². The first-order valence-electron chi connectivity index (χ1n) is 12.0. The first kappa shape index (κ1) is 27.8. The van der Waals surface area contributed by atoms with Gasteiger partial charge in [-0.1, -0.05) is 23.7 Å². The number of halogens is 1. The lowest BCUT2D eigenvalue weighted by Crippen LogP contribution is -2.29. The van der Waals surface area contributed by atoms with Crippen molar-refractivity contribution in [2.45, 2.75) is 25.7 Å². The molecule has 0 saturated heterocycles. The molecule has 3 aromatic heterocycles. The number of carbonyl (C=O) groups excluding carboxylic acids is 1. The molecule has 0 aliphatic heterocycles. The summed E-state index contributed by atoms with van der Waals surface area (Å²) in [5, 5.41) is 26.3. The van der Waals surface area contributed by atoms with Crippen molar-refractivity contribution in [2.24, 2.45) is 0 Å². The minimum Gasteiger partial charge on any atom is -0.394 e. The number of aliphatic hydroxyl groups excluding tert-OH is 2. The fourth-order valence-electron chi connectivity index (χ4n) is 3.77. The molecular formula is C26H28ClN5O5S. The van der Waals surface area contributed by atoms with Crippen LogP contribution in [0.2, 0.25) is 5.02 Å². The van der Waals surface area contributed by atoms with Gasteiger partial charge in [-0.3, -0.25) is 19.6 Å². The molecule has 1 amide bonds. The van der Waals surface area contributed by atoms with Crippen molar-refractivity contribution in [3.8, 4) is 0 Å². The lowest BCUT2D eigenvalue weighted by Gasteiger charge is -2.12. The predicted octanol–water partition coefficient (Wildman–Crippen LogP) is 2.27. The van der Waals surface area contributed by atoms with Crippen LogP contribution in [0, 0.1) is 0 Å². The Morgan fingerprint density at radius 3 is 2.74 bits per heavy atom. The van der Waals surface area contributed by atoms with Gasteiger partial charge in [0.1, 0.15) is 16.5 Å². The van der Waals surface area contributed by atoms with Gasteiger partial charge in [0.15, 0.2) is 0 Å². The highest BCUT2D eigenvalue weighted by atomic mass is 35.5. The van der Waals surface area contributed by atoms with Gasteiger partial charge in [0.05, 0.1) is 37.1 Å². The quantitative estimate of drug-likeness (QED) is 0.184. The fourth-order valence-corrected chi connectivity index (χ4v) is 5.02. The highest BCUT2D eigenvalue weighted by Gasteiger charge is 2.18. The van der Waals surface area contributed by atoms with E-state index in [1.165, 1.54) is 29.9 Å². The summed E-state index contributed by atoms with van der Waals surface area (Å²) in [6.07, 6.45) is 5.30. The van der Waals surface area contributed by atoms with Crippen LogP contribution in [0.15, 0.2) is 59.9 Å². The molecule has 200 valence electrons. The van der Waals surface area contributed by atoms with Crippen molar-refractivity contribution in [3.63, 3.8) is 0 Å². The molecule has 4 N–H and O–H groups in total. The highest BCUT2D eigenvalue weighted by Crippen LogP contribution is 2.24. The summed E-state index contributed by atoms with van der Waals surface area (Å²) in [6.45, 7) is 1.73. The number of ether oxygens (including phenoxy) is 1. The molecule has 1 aromatic carbocycles. The molecule has 1 atom stereocenters. The van der Waals surface area contributed by atoms with E-state index >= 15 is 0 Å². The molecule has 4 aromatic rings. The van der Waals surface area contributed by atoms with Crippen molar-refractivity contribution < 1.29 is 19.7 Å². The summed E-state index contributed by atoms with van der Waals surface area (Å²) < 4.78 is 7.24. The Kier molecular flexibility index (Phi) is 9.93. The van der Waals surface area contributed by atoms with Gasteiger partial charge < -0.3 is 30.2 Å². The first-order chi connectivity index (χ1) is 18.5. The molecule has 12 heteroatoms. The number of fused-ring (bicyclic) bond motifs is 1. The highest BCUT2D eigenvalue weighted by molar-refractivity contribution is 7.18. The molecule has 10 nitrogen and oxygen atoms in total. The maximum absolute atomic E-state index is 13.3. The van der Waals surface area contributed by atoms with Crippen LogP contribution in [-0.2, 0) is 24.4 Å². The van der Waals surface area contributed by atoms with E-state index in [0.29, 0.717) is 40.6 Å². The van der Waals surface area contributed by atoms with Crippen molar-refractivity contribution >= 4 is 39.1 Å². The zero-order valence-electron chi connectivity index (χ0n) is 20.5. The summed E-state index contributed by atoms with van der Waals surface area (Å²) in [4.78, 5) is 36.0. The minimum absolute atomic E-state index is 0.0315. The van der Waals surface area contributed by atoms with Gasteiger partial charge in [-0.15, -0.1) is 11.3 Å². The molecule has 4 rings (SSSR count). The van der Waals surface area contributed by atoms with E-state index in [0.717, 1.165) is 10.4 Å². The van der Waals surface area contributed by atoms with E-state index in [4.69, 9.17) is 21.4 Å². The van der Waals surface area contributed by atoms with E-state index in [1.807, 2.05) is 16.7 Å². The second-order valence-electron chi connectivity index (χ2n) is 8.42. The molecule has 0 fully saturated rings. The molecule has 0 aliphatic rings. The Balaban J connectivity index is 1.52. The molecule has 0 bridgehead atoms. The summed E-state index contributed by atoms with van der Waals surface area (Å²) >= 11 is 7.35. The SMILES string of the molecule is O=C(NCc1ccc(Cl)cc1)c1cn(CCOCCO)c2sc(CNC[C@@H](O)c3cnccn3)cc2c1=O. The number of carbonyl (C=O) groups is 1. The number of amides is 1. The van der Waals surface area contributed by atoms with Crippen LogP contribution >= 0.6 is 22.9 Å². The van der Waals surface area contributed by atoms with Gasteiger partial charge in [0.2, 0.25) is 5.43 Å². The van der Waals surface area contributed by atoms with Crippen LogP contribution in [0.1, 0.15) is 32.6 Å². The lowest BCUT2D eigenvalue weighted by molar-refractivity contribution is 0.0873. The summed E-state index contributed by atoms with van der Waals surface area (Å²) in [7, 11) is 0. The predicted molar refractivity (Wildman–Crippen MR) is 145 cm³/mol. The lowest BCUT2D eigenvalue weighted by atomic mass is 10.1. The Labute approximate surface area is 227 Å². The van der Waals surface area contributed by atoms with Gasteiger partial charge in [-0.2, -0.15) is 0 Å². The van der Waals surface area contributed by atoms with Crippen LogP contribution in [0.25, 0.3) is 10.2 Å². The monoisotopic (exact) mass is 557 g/mol. The molecule has 38 heavy (non-hydrogen) atoms. The third kappa shape index (κ3) is 7.22. The Morgan fingerprint density at radius 2 is 2.00 bits per heavy atom. The number of nitrogens with one attached hydrogen (secondary N) is 2. The zero-order valence-corrected chi connectivity index (χ0v) is 22.0. The van der Waals surface area contributed by atoms with E-state index in [1.54, 1.807) is 24.4 Å². The van der Waals surface area contributed by atoms with E-state index in [9.17, 15) is 14.7 Å². The summed E-state index contributed by atoms with van der Waals surface area (Å²) in [5.74, 6) is -0.477. The number of aliphatic hydroxyl groups is 2. The number of nitrogens with zero attached hydrogens (tertiary/aromatic N) is 3. The smallest absolute Gasteiger partial charge is 0.257 e.